The number of rotatable bonds is 8. The van der Waals surface area contributed by atoms with Gasteiger partial charge in [0.15, 0.2) is 0 Å². The van der Waals surface area contributed by atoms with Crippen molar-refractivity contribution >= 4 is 11.6 Å². The molecule has 1 atom stereocenters. The Hall–Kier alpha value is -1.51. The van der Waals surface area contributed by atoms with Crippen LogP contribution in [0.5, 0.6) is 5.75 Å². The van der Waals surface area contributed by atoms with Gasteiger partial charge in [-0.1, -0.05) is 48.0 Å². The Kier molecular flexibility index (Phi) is 6.75. The Bertz CT molecular complexity index is 571. The molecule has 0 aliphatic carbocycles. The smallest absolute Gasteiger partial charge is 0.137 e. The van der Waals surface area contributed by atoms with E-state index in [1.165, 1.54) is 11.1 Å². The van der Waals surface area contributed by atoms with E-state index in [1.54, 1.807) is 0 Å². The fourth-order valence-corrected chi connectivity index (χ4v) is 2.61. The standard InChI is InChI=1S/C19H24ClNO/c1-3-22-19-12-11-17(13-18(19)20)14-21-15(2)9-10-16-7-5-4-6-8-16/h4-8,11-13,15,21H,3,9-10,14H2,1-2H3/t15-/m0/s1. The van der Waals surface area contributed by atoms with Gasteiger partial charge < -0.3 is 10.1 Å². The van der Waals surface area contributed by atoms with Crippen LogP contribution in [0.2, 0.25) is 5.02 Å². The maximum Gasteiger partial charge on any atom is 0.137 e. The van der Waals surface area contributed by atoms with Crippen molar-refractivity contribution in [2.75, 3.05) is 6.61 Å². The van der Waals surface area contributed by atoms with Gasteiger partial charge >= 0.3 is 0 Å². The van der Waals surface area contributed by atoms with E-state index < -0.39 is 0 Å². The highest BCUT2D eigenvalue weighted by molar-refractivity contribution is 6.32. The first-order chi connectivity index (χ1) is 10.7. The largest absolute Gasteiger partial charge is 0.492 e. The lowest BCUT2D eigenvalue weighted by atomic mass is 10.1. The normalized spacial score (nSPS) is 12.1. The van der Waals surface area contributed by atoms with Crippen LogP contribution in [0.1, 0.15) is 31.4 Å². The second kappa shape index (κ2) is 8.82. The average Bonchev–Trinajstić information content (AvgIpc) is 2.54. The van der Waals surface area contributed by atoms with Gasteiger partial charge in [0, 0.05) is 12.6 Å². The summed E-state index contributed by atoms with van der Waals surface area (Å²) in [5.41, 5.74) is 2.57. The molecule has 0 saturated heterocycles. The summed E-state index contributed by atoms with van der Waals surface area (Å²) in [7, 11) is 0. The Labute approximate surface area is 138 Å². The van der Waals surface area contributed by atoms with Crippen molar-refractivity contribution < 1.29 is 4.74 Å². The van der Waals surface area contributed by atoms with Gasteiger partial charge in [0.25, 0.3) is 0 Å². The van der Waals surface area contributed by atoms with Crippen molar-refractivity contribution in [2.24, 2.45) is 0 Å². The summed E-state index contributed by atoms with van der Waals surface area (Å²) < 4.78 is 5.45. The molecular formula is C19H24ClNO. The van der Waals surface area contributed by atoms with Crippen molar-refractivity contribution in [3.8, 4) is 5.75 Å². The summed E-state index contributed by atoms with van der Waals surface area (Å²) in [5.74, 6) is 0.755. The van der Waals surface area contributed by atoms with Gasteiger partial charge in [-0.15, -0.1) is 0 Å². The minimum Gasteiger partial charge on any atom is -0.492 e. The van der Waals surface area contributed by atoms with Crippen LogP contribution in [0.4, 0.5) is 0 Å². The highest BCUT2D eigenvalue weighted by Gasteiger charge is 2.05. The van der Waals surface area contributed by atoms with Crippen molar-refractivity contribution in [3.05, 3.63) is 64.7 Å². The molecule has 2 rings (SSSR count). The van der Waals surface area contributed by atoms with E-state index in [0.717, 1.165) is 25.1 Å². The Morgan fingerprint density at radius 3 is 2.55 bits per heavy atom. The van der Waals surface area contributed by atoms with E-state index in [2.05, 4.69) is 48.6 Å². The van der Waals surface area contributed by atoms with E-state index in [9.17, 15) is 0 Å². The summed E-state index contributed by atoms with van der Waals surface area (Å²) in [6.07, 6.45) is 2.22. The Balaban J connectivity index is 1.78. The second-order valence-corrected chi connectivity index (χ2v) is 5.91. The second-order valence-electron chi connectivity index (χ2n) is 5.50. The number of nitrogens with one attached hydrogen (secondary N) is 1. The minimum absolute atomic E-state index is 0.463. The molecule has 118 valence electrons. The lowest BCUT2D eigenvalue weighted by Gasteiger charge is -2.14. The number of halogens is 1. The van der Waals surface area contributed by atoms with Crippen LogP contribution < -0.4 is 10.1 Å². The summed E-state index contributed by atoms with van der Waals surface area (Å²) in [5, 5.41) is 4.23. The van der Waals surface area contributed by atoms with Crippen LogP contribution in [0, 0.1) is 0 Å². The molecule has 0 fully saturated rings. The quantitative estimate of drug-likeness (QED) is 0.751. The molecule has 0 saturated carbocycles. The highest BCUT2D eigenvalue weighted by atomic mass is 35.5. The fourth-order valence-electron chi connectivity index (χ4n) is 2.35. The van der Waals surface area contributed by atoms with Crippen LogP contribution in [0.15, 0.2) is 48.5 Å². The molecular weight excluding hydrogens is 294 g/mol. The topological polar surface area (TPSA) is 21.3 Å². The molecule has 2 aromatic rings. The number of benzene rings is 2. The van der Waals surface area contributed by atoms with Crippen molar-refractivity contribution in [2.45, 2.75) is 39.3 Å². The summed E-state index contributed by atoms with van der Waals surface area (Å²) >= 11 is 6.21. The molecule has 22 heavy (non-hydrogen) atoms. The van der Waals surface area contributed by atoms with Gasteiger partial charge in [0.2, 0.25) is 0 Å². The third kappa shape index (κ3) is 5.36. The van der Waals surface area contributed by atoms with Crippen molar-refractivity contribution in [1.29, 1.82) is 0 Å². The van der Waals surface area contributed by atoms with E-state index in [0.29, 0.717) is 17.7 Å². The summed E-state index contributed by atoms with van der Waals surface area (Å²) in [6, 6.07) is 17.0. The molecule has 0 spiro atoms. The average molecular weight is 318 g/mol. The molecule has 0 aliphatic rings. The number of aryl methyl sites for hydroxylation is 1. The van der Waals surface area contributed by atoms with Gasteiger partial charge in [-0.3, -0.25) is 0 Å². The van der Waals surface area contributed by atoms with E-state index in [-0.39, 0.29) is 0 Å². The zero-order chi connectivity index (χ0) is 15.8. The van der Waals surface area contributed by atoms with Gasteiger partial charge in [-0.2, -0.15) is 0 Å². The third-order valence-electron chi connectivity index (χ3n) is 3.66. The maximum absolute atomic E-state index is 6.21. The van der Waals surface area contributed by atoms with Crippen molar-refractivity contribution in [1.82, 2.24) is 5.32 Å². The molecule has 0 unspecified atom stereocenters. The predicted molar refractivity (Wildman–Crippen MR) is 93.7 cm³/mol. The molecule has 0 bridgehead atoms. The maximum atomic E-state index is 6.21. The zero-order valence-electron chi connectivity index (χ0n) is 13.3. The minimum atomic E-state index is 0.463. The van der Waals surface area contributed by atoms with Gasteiger partial charge in [-0.25, -0.2) is 0 Å². The molecule has 2 aromatic carbocycles. The number of hydrogen-bond donors (Lipinski definition) is 1. The van der Waals surface area contributed by atoms with Gasteiger partial charge in [-0.05, 0) is 49.9 Å². The molecule has 0 amide bonds. The summed E-state index contributed by atoms with van der Waals surface area (Å²) in [4.78, 5) is 0. The molecule has 0 radical (unpaired) electrons. The van der Waals surface area contributed by atoms with Gasteiger partial charge in [0.05, 0.1) is 11.6 Å². The Morgan fingerprint density at radius 2 is 1.86 bits per heavy atom. The molecule has 0 aliphatic heterocycles. The third-order valence-corrected chi connectivity index (χ3v) is 3.95. The first-order valence-electron chi connectivity index (χ1n) is 7.87. The van der Waals surface area contributed by atoms with Crippen LogP contribution in [-0.4, -0.2) is 12.6 Å². The SMILES string of the molecule is CCOc1ccc(CN[C@@H](C)CCc2ccccc2)cc1Cl. The zero-order valence-corrected chi connectivity index (χ0v) is 14.1. The van der Waals surface area contributed by atoms with Crippen molar-refractivity contribution in [3.63, 3.8) is 0 Å². The van der Waals surface area contributed by atoms with Crippen LogP contribution in [0.25, 0.3) is 0 Å². The van der Waals surface area contributed by atoms with Crippen LogP contribution in [-0.2, 0) is 13.0 Å². The number of ether oxygens (including phenoxy) is 1. The van der Waals surface area contributed by atoms with E-state index >= 15 is 0 Å². The number of hydrogen-bond acceptors (Lipinski definition) is 2. The van der Waals surface area contributed by atoms with Crippen LogP contribution >= 0.6 is 11.6 Å². The highest BCUT2D eigenvalue weighted by Crippen LogP contribution is 2.25. The monoisotopic (exact) mass is 317 g/mol. The first-order valence-corrected chi connectivity index (χ1v) is 8.25. The lowest BCUT2D eigenvalue weighted by Crippen LogP contribution is -2.25. The Morgan fingerprint density at radius 1 is 1.09 bits per heavy atom. The molecule has 2 nitrogen and oxygen atoms in total. The molecule has 1 N–H and O–H groups in total. The molecule has 0 heterocycles. The predicted octanol–water partition coefficient (Wildman–Crippen LogP) is 4.85. The lowest BCUT2D eigenvalue weighted by molar-refractivity contribution is 0.340. The van der Waals surface area contributed by atoms with E-state index in [4.69, 9.17) is 16.3 Å². The summed E-state index contributed by atoms with van der Waals surface area (Å²) in [6.45, 7) is 5.63. The van der Waals surface area contributed by atoms with Gasteiger partial charge in [0.1, 0.15) is 5.75 Å². The van der Waals surface area contributed by atoms with Crippen LogP contribution in [0.3, 0.4) is 0 Å². The first kappa shape index (κ1) is 16.9. The molecule has 0 aromatic heterocycles. The fraction of sp³-hybridized carbons (Fsp3) is 0.368. The van der Waals surface area contributed by atoms with E-state index in [1.807, 2.05) is 19.1 Å². The molecule has 3 heteroatoms.